The Morgan fingerprint density at radius 1 is 1.00 bits per heavy atom. The third-order valence-corrected chi connectivity index (χ3v) is 6.11. The van der Waals surface area contributed by atoms with Crippen LogP contribution in [0.15, 0.2) is 71.3 Å². The first-order valence-electron chi connectivity index (χ1n) is 10.8. The zero-order valence-electron chi connectivity index (χ0n) is 17.7. The lowest BCUT2D eigenvalue weighted by Crippen LogP contribution is -2.38. The van der Waals surface area contributed by atoms with Crippen LogP contribution in [0.3, 0.4) is 0 Å². The maximum absolute atomic E-state index is 12.9. The second-order valence-electron chi connectivity index (χ2n) is 7.94. The van der Waals surface area contributed by atoms with Gasteiger partial charge in [-0.25, -0.2) is 0 Å². The summed E-state index contributed by atoms with van der Waals surface area (Å²) in [6.07, 6.45) is 3.10. The summed E-state index contributed by atoms with van der Waals surface area (Å²) in [6, 6.07) is 18.5. The number of para-hydroxylation sites is 1. The number of piperidine rings is 1. The van der Waals surface area contributed by atoms with Crippen LogP contribution in [0.1, 0.15) is 34.5 Å². The van der Waals surface area contributed by atoms with E-state index < -0.39 is 0 Å². The van der Waals surface area contributed by atoms with Gasteiger partial charge in [0.25, 0.3) is 5.91 Å². The first-order chi connectivity index (χ1) is 15.6. The van der Waals surface area contributed by atoms with Crippen molar-refractivity contribution in [3.63, 3.8) is 0 Å². The third-order valence-electron chi connectivity index (χ3n) is 5.74. The molecule has 0 bridgehead atoms. The minimum Gasteiger partial charge on any atom is -0.467 e. The third kappa shape index (κ3) is 5.58. The van der Waals surface area contributed by atoms with Crippen LogP contribution in [0.25, 0.3) is 0 Å². The van der Waals surface area contributed by atoms with Gasteiger partial charge in [0.2, 0.25) is 5.91 Å². The zero-order chi connectivity index (χ0) is 22.3. The van der Waals surface area contributed by atoms with Gasteiger partial charge in [-0.15, -0.1) is 0 Å². The van der Waals surface area contributed by atoms with Crippen LogP contribution in [0, 0.1) is 5.92 Å². The Hall–Kier alpha value is -3.09. The highest BCUT2D eigenvalue weighted by molar-refractivity contribution is 6.31. The van der Waals surface area contributed by atoms with Crippen molar-refractivity contribution in [2.75, 3.05) is 18.4 Å². The molecular weight excluding hydrogens is 426 g/mol. The van der Waals surface area contributed by atoms with Crippen LogP contribution in [0.5, 0.6) is 0 Å². The van der Waals surface area contributed by atoms with Gasteiger partial charge in [0.1, 0.15) is 5.76 Å². The number of halogens is 1. The molecule has 0 unspecified atom stereocenters. The SMILES string of the molecule is O=C(NCc1ccco1)c1ccccc1NC(=O)C1CCN(Cc2ccccc2Cl)CC1. The van der Waals surface area contributed by atoms with Crippen molar-refractivity contribution in [2.45, 2.75) is 25.9 Å². The number of furan rings is 1. The summed E-state index contributed by atoms with van der Waals surface area (Å²) in [5, 5.41) is 6.56. The van der Waals surface area contributed by atoms with Crippen LogP contribution in [-0.2, 0) is 17.9 Å². The molecular formula is C25H26ClN3O3. The molecule has 7 heteroatoms. The van der Waals surface area contributed by atoms with Crippen LogP contribution in [0.2, 0.25) is 5.02 Å². The van der Waals surface area contributed by atoms with E-state index in [0.29, 0.717) is 17.0 Å². The summed E-state index contributed by atoms with van der Waals surface area (Å²) in [6.45, 7) is 2.73. The van der Waals surface area contributed by atoms with Gasteiger partial charge < -0.3 is 15.1 Å². The number of hydrogen-bond acceptors (Lipinski definition) is 4. The first-order valence-corrected chi connectivity index (χ1v) is 11.1. The lowest BCUT2D eigenvalue weighted by atomic mass is 9.95. The smallest absolute Gasteiger partial charge is 0.253 e. The van der Waals surface area contributed by atoms with Crippen LogP contribution < -0.4 is 10.6 Å². The minimum atomic E-state index is -0.258. The Labute approximate surface area is 192 Å². The van der Waals surface area contributed by atoms with Crippen molar-refractivity contribution in [2.24, 2.45) is 5.92 Å². The first kappa shape index (κ1) is 22.1. The maximum atomic E-state index is 12.9. The molecule has 0 saturated carbocycles. The number of rotatable bonds is 7. The molecule has 1 aromatic heterocycles. The number of carbonyl (C=O) groups excluding carboxylic acids is 2. The Bertz CT molecular complexity index is 1060. The molecule has 32 heavy (non-hydrogen) atoms. The topological polar surface area (TPSA) is 74.6 Å². The summed E-state index contributed by atoms with van der Waals surface area (Å²) in [5.74, 6) is 0.278. The predicted octanol–water partition coefficient (Wildman–Crippen LogP) is 4.71. The molecule has 0 spiro atoms. The van der Waals surface area contributed by atoms with Gasteiger partial charge in [-0.3, -0.25) is 14.5 Å². The Balaban J connectivity index is 1.31. The fourth-order valence-electron chi connectivity index (χ4n) is 3.92. The van der Waals surface area contributed by atoms with Crippen molar-refractivity contribution in [3.8, 4) is 0 Å². The standard InChI is InChI=1S/C25H26ClN3O3/c26-22-9-3-1-6-19(22)17-29-13-11-18(12-14-29)24(30)28-23-10-4-2-8-21(23)25(31)27-16-20-7-5-15-32-20/h1-10,15,18H,11-14,16-17H2,(H,27,31)(H,28,30). The molecule has 0 atom stereocenters. The van der Waals surface area contributed by atoms with Crippen molar-refractivity contribution < 1.29 is 14.0 Å². The Morgan fingerprint density at radius 3 is 2.50 bits per heavy atom. The Kier molecular flexibility index (Phi) is 7.24. The van der Waals surface area contributed by atoms with Crippen LogP contribution in [-0.4, -0.2) is 29.8 Å². The molecule has 4 rings (SSSR count). The molecule has 1 aliphatic rings. The number of likely N-dealkylation sites (tertiary alicyclic amines) is 1. The van der Waals surface area contributed by atoms with E-state index >= 15 is 0 Å². The molecule has 1 saturated heterocycles. The fourth-order valence-corrected chi connectivity index (χ4v) is 4.12. The largest absolute Gasteiger partial charge is 0.467 e. The number of carbonyl (C=O) groups is 2. The number of nitrogens with one attached hydrogen (secondary N) is 2. The van der Waals surface area contributed by atoms with Crippen molar-refractivity contribution in [1.82, 2.24) is 10.2 Å². The normalized spacial score (nSPS) is 14.8. The summed E-state index contributed by atoms with van der Waals surface area (Å²) in [4.78, 5) is 27.9. The summed E-state index contributed by atoms with van der Waals surface area (Å²) >= 11 is 6.28. The van der Waals surface area contributed by atoms with E-state index in [-0.39, 0.29) is 24.3 Å². The van der Waals surface area contributed by atoms with E-state index in [9.17, 15) is 9.59 Å². The highest BCUT2D eigenvalue weighted by Gasteiger charge is 2.26. The second kappa shape index (κ2) is 10.5. The molecule has 6 nitrogen and oxygen atoms in total. The molecule has 3 aromatic rings. The highest BCUT2D eigenvalue weighted by Crippen LogP contribution is 2.24. The number of hydrogen-bond donors (Lipinski definition) is 2. The molecule has 1 fully saturated rings. The number of amides is 2. The molecule has 2 amide bonds. The minimum absolute atomic E-state index is 0.0475. The number of benzene rings is 2. The van der Waals surface area contributed by atoms with Crippen molar-refractivity contribution >= 4 is 29.1 Å². The lowest BCUT2D eigenvalue weighted by Gasteiger charge is -2.31. The van der Waals surface area contributed by atoms with E-state index in [2.05, 4.69) is 15.5 Å². The summed E-state index contributed by atoms with van der Waals surface area (Å²) < 4.78 is 5.25. The van der Waals surface area contributed by atoms with E-state index in [0.717, 1.165) is 43.1 Å². The second-order valence-corrected chi connectivity index (χ2v) is 8.35. The number of nitrogens with zero attached hydrogens (tertiary/aromatic N) is 1. The zero-order valence-corrected chi connectivity index (χ0v) is 18.5. The predicted molar refractivity (Wildman–Crippen MR) is 124 cm³/mol. The average Bonchev–Trinajstić information content (AvgIpc) is 3.33. The molecule has 1 aliphatic heterocycles. The van der Waals surface area contributed by atoms with E-state index in [1.807, 2.05) is 30.3 Å². The number of anilines is 1. The molecule has 2 heterocycles. The quantitative estimate of drug-likeness (QED) is 0.545. The molecule has 2 N–H and O–H groups in total. The fraction of sp³-hybridized carbons (Fsp3) is 0.280. The maximum Gasteiger partial charge on any atom is 0.253 e. The Morgan fingerprint density at radius 2 is 1.75 bits per heavy atom. The monoisotopic (exact) mass is 451 g/mol. The molecule has 0 radical (unpaired) electrons. The van der Waals surface area contributed by atoms with Crippen molar-refractivity contribution in [3.05, 3.63) is 88.8 Å². The van der Waals surface area contributed by atoms with E-state index in [1.165, 1.54) is 0 Å². The van der Waals surface area contributed by atoms with Gasteiger partial charge in [-0.2, -0.15) is 0 Å². The van der Waals surface area contributed by atoms with Gasteiger partial charge in [0.15, 0.2) is 0 Å². The van der Waals surface area contributed by atoms with Crippen LogP contribution >= 0.6 is 11.6 Å². The van der Waals surface area contributed by atoms with Crippen LogP contribution in [0.4, 0.5) is 5.69 Å². The summed E-state index contributed by atoms with van der Waals surface area (Å²) in [5.41, 5.74) is 2.06. The average molecular weight is 452 g/mol. The van der Waals surface area contributed by atoms with Gasteiger partial charge in [0, 0.05) is 17.5 Å². The lowest BCUT2D eigenvalue weighted by molar-refractivity contribution is -0.121. The molecule has 0 aliphatic carbocycles. The molecule has 166 valence electrons. The van der Waals surface area contributed by atoms with E-state index in [4.69, 9.17) is 16.0 Å². The van der Waals surface area contributed by atoms with Crippen molar-refractivity contribution in [1.29, 1.82) is 0 Å². The van der Waals surface area contributed by atoms with E-state index in [1.54, 1.807) is 36.6 Å². The van der Waals surface area contributed by atoms with Gasteiger partial charge in [-0.1, -0.05) is 41.9 Å². The van der Waals surface area contributed by atoms with Gasteiger partial charge >= 0.3 is 0 Å². The molecule has 2 aromatic carbocycles. The highest BCUT2D eigenvalue weighted by atomic mass is 35.5. The summed E-state index contributed by atoms with van der Waals surface area (Å²) in [7, 11) is 0. The van der Waals surface area contributed by atoms with Gasteiger partial charge in [0.05, 0.1) is 24.1 Å². The van der Waals surface area contributed by atoms with Gasteiger partial charge in [-0.05, 0) is 61.8 Å².